The van der Waals surface area contributed by atoms with Gasteiger partial charge in [-0.1, -0.05) is 29.8 Å². The van der Waals surface area contributed by atoms with Gasteiger partial charge in [0.25, 0.3) is 5.91 Å². The van der Waals surface area contributed by atoms with Gasteiger partial charge >= 0.3 is 5.97 Å². The standard InChI is InChI=1S/C18H17ClN2O3S/c1-10-15(11-6-8-12(19)9-7-11)20-18(25-10)21-16(22)13-4-2-3-5-14(13)17(23)24/h4,6-9,14H,2-3,5H2,1H3,(H,23,24)(H,20,21,22). The van der Waals surface area contributed by atoms with Gasteiger partial charge in [0.05, 0.1) is 11.6 Å². The second-order valence-corrected chi connectivity index (χ2v) is 7.51. The number of nitrogens with one attached hydrogen (secondary N) is 1. The predicted molar refractivity (Wildman–Crippen MR) is 99.0 cm³/mol. The van der Waals surface area contributed by atoms with Crippen LogP contribution in [0.4, 0.5) is 5.13 Å². The van der Waals surface area contributed by atoms with E-state index in [2.05, 4.69) is 10.3 Å². The molecule has 2 aromatic rings. The molecule has 1 aliphatic rings. The quantitative estimate of drug-likeness (QED) is 0.822. The Labute approximate surface area is 154 Å². The Kier molecular flexibility index (Phi) is 5.20. The van der Waals surface area contributed by atoms with Crippen molar-refractivity contribution in [2.45, 2.75) is 26.2 Å². The number of carbonyl (C=O) groups excluding carboxylic acids is 1. The summed E-state index contributed by atoms with van der Waals surface area (Å²) < 4.78 is 0. The maximum atomic E-state index is 12.5. The van der Waals surface area contributed by atoms with E-state index in [1.54, 1.807) is 18.2 Å². The third-order valence-electron chi connectivity index (χ3n) is 4.13. The van der Waals surface area contributed by atoms with Crippen molar-refractivity contribution in [3.63, 3.8) is 0 Å². The summed E-state index contributed by atoms with van der Waals surface area (Å²) in [5, 5.41) is 13.2. The first kappa shape index (κ1) is 17.6. The molecule has 1 heterocycles. The maximum Gasteiger partial charge on any atom is 0.311 e. The first-order valence-electron chi connectivity index (χ1n) is 7.93. The van der Waals surface area contributed by atoms with Crippen LogP contribution in [0.2, 0.25) is 5.02 Å². The fraction of sp³-hybridized carbons (Fsp3) is 0.278. The molecule has 1 unspecified atom stereocenters. The summed E-state index contributed by atoms with van der Waals surface area (Å²) in [6.45, 7) is 1.93. The number of rotatable bonds is 4. The van der Waals surface area contributed by atoms with Crippen LogP contribution in [0.3, 0.4) is 0 Å². The van der Waals surface area contributed by atoms with E-state index in [1.165, 1.54) is 11.3 Å². The number of aliphatic carboxylic acids is 1. The molecule has 1 atom stereocenters. The Morgan fingerprint density at radius 3 is 2.72 bits per heavy atom. The van der Waals surface area contributed by atoms with Crippen molar-refractivity contribution in [3.05, 3.63) is 45.8 Å². The Morgan fingerprint density at radius 2 is 2.04 bits per heavy atom. The second kappa shape index (κ2) is 7.37. The lowest BCUT2D eigenvalue weighted by Crippen LogP contribution is -2.27. The van der Waals surface area contributed by atoms with E-state index in [0.717, 1.165) is 29.0 Å². The highest BCUT2D eigenvalue weighted by molar-refractivity contribution is 7.16. The average molecular weight is 377 g/mol. The molecule has 130 valence electrons. The van der Waals surface area contributed by atoms with Crippen molar-refractivity contribution in [2.24, 2.45) is 5.92 Å². The zero-order chi connectivity index (χ0) is 18.0. The third kappa shape index (κ3) is 3.91. The highest BCUT2D eigenvalue weighted by Gasteiger charge is 2.29. The predicted octanol–water partition coefficient (Wildman–Crippen LogP) is 4.52. The summed E-state index contributed by atoms with van der Waals surface area (Å²) in [5.74, 6) is -2.09. The number of carbonyl (C=O) groups is 2. The topological polar surface area (TPSA) is 79.3 Å². The maximum absolute atomic E-state index is 12.5. The fourth-order valence-corrected chi connectivity index (χ4v) is 3.84. The monoisotopic (exact) mass is 376 g/mol. The number of allylic oxidation sites excluding steroid dienone is 1. The largest absolute Gasteiger partial charge is 0.481 e. The molecule has 3 rings (SSSR count). The van der Waals surface area contributed by atoms with E-state index in [0.29, 0.717) is 22.1 Å². The van der Waals surface area contributed by atoms with Crippen molar-refractivity contribution in [1.29, 1.82) is 0 Å². The van der Waals surface area contributed by atoms with Gasteiger partial charge in [0.2, 0.25) is 0 Å². The van der Waals surface area contributed by atoms with E-state index in [4.69, 9.17) is 11.6 Å². The van der Waals surface area contributed by atoms with Crippen LogP contribution < -0.4 is 5.32 Å². The molecule has 0 saturated heterocycles. The van der Waals surface area contributed by atoms with Gasteiger partial charge in [-0.05, 0) is 38.3 Å². The van der Waals surface area contributed by atoms with Crippen molar-refractivity contribution in [1.82, 2.24) is 4.98 Å². The molecule has 0 saturated carbocycles. The lowest BCUT2D eigenvalue weighted by atomic mass is 9.87. The molecule has 25 heavy (non-hydrogen) atoms. The van der Waals surface area contributed by atoms with Crippen LogP contribution in [-0.2, 0) is 9.59 Å². The zero-order valence-corrected chi connectivity index (χ0v) is 15.2. The van der Waals surface area contributed by atoms with Gasteiger partial charge in [0.15, 0.2) is 5.13 Å². The Bertz CT molecular complexity index is 843. The van der Waals surface area contributed by atoms with Gasteiger partial charge in [0, 0.05) is 21.0 Å². The number of aromatic nitrogens is 1. The number of hydrogen-bond donors (Lipinski definition) is 2. The molecule has 2 N–H and O–H groups in total. The number of carboxylic acid groups (broad SMARTS) is 1. The lowest BCUT2D eigenvalue weighted by Gasteiger charge is -2.19. The molecule has 0 aliphatic heterocycles. The van der Waals surface area contributed by atoms with Crippen LogP contribution in [0.15, 0.2) is 35.9 Å². The fourth-order valence-electron chi connectivity index (χ4n) is 2.88. The van der Waals surface area contributed by atoms with Crippen LogP contribution >= 0.6 is 22.9 Å². The molecule has 1 aliphatic carbocycles. The molecular formula is C18H17ClN2O3S. The molecule has 1 aromatic heterocycles. The number of benzene rings is 1. The van der Waals surface area contributed by atoms with Crippen LogP contribution in [-0.4, -0.2) is 22.0 Å². The van der Waals surface area contributed by atoms with Crippen LogP contribution in [0, 0.1) is 12.8 Å². The number of aryl methyl sites for hydroxylation is 1. The average Bonchev–Trinajstić information content (AvgIpc) is 2.95. The molecule has 1 amide bonds. The van der Waals surface area contributed by atoms with E-state index in [9.17, 15) is 14.7 Å². The first-order valence-corrected chi connectivity index (χ1v) is 9.12. The van der Waals surface area contributed by atoms with Crippen LogP contribution in [0.5, 0.6) is 0 Å². The van der Waals surface area contributed by atoms with Crippen LogP contribution in [0.25, 0.3) is 11.3 Å². The lowest BCUT2D eigenvalue weighted by molar-refractivity contribution is -0.141. The molecular weight excluding hydrogens is 360 g/mol. The third-order valence-corrected chi connectivity index (χ3v) is 5.27. The molecule has 0 radical (unpaired) electrons. The van der Waals surface area contributed by atoms with Gasteiger partial charge in [-0.25, -0.2) is 4.98 Å². The van der Waals surface area contributed by atoms with Crippen molar-refractivity contribution in [3.8, 4) is 11.3 Å². The van der Waals surface area contributed by atoms with Crippen molar-refractivity contribution in [2.75, 3.05) is 5.32 Å². The number of carboxylic acids is 1. The molecule has 0 spiro atoms. The number of hydrogen-bond acceptors (Lipinski definition) is 4. The summed E-state index contributed by atoms with van der Waals surface area (Å²) in [5.41, 5.74) is 2.02. The summed E-state index contributed by atoms with van der Waals surface area (Å²) in [7, 11) is 0. The highest BCUT2D eigenvalue weighted by Crippen LogP contribution is 2.32. The van der Waals surface area contributed by atoms with E-state index >= 15 is 0 Å². The summed E-state index contributed by atoms with van der Waals surface area (Å²) in [6, 6.07) is 7.33. The SMILES string of the molecule is Cc1sc(NC(=O)C2=CCCCC2C(=O)O)nc1-c1ccc(Cl)cc1. The molecule has 0 bridgehead atoms. The van der Waals surface area contributed by atoms with Crippen LogP contribution in [0.1, 0.15) is 24.1 Å². The summed E-state index contributed by atoms with van der Waals surface area (Å²) >= 11 is 7.27. The van der Waals surface area contributed by atoms with E-state index in [1.807, 2.05) is 19.1 Å². The Balaban J connectivity index is 1.80. The molecule has 0 fully saturated rings. The van der Waals surface area contributed by atoms with Gasteiger partial charge in [-0.2, -0.15) is 0 Å². The molecule has 7 heteroatoms. The van der Waals surface area contributed by atoms with E-state index < -0.39 is 11.9 Å². The summed E-state index contributed by atoms with van der Waals surface area (Å²) in [6.07, 6.45) is 3.71. The number of amides is 1. The minimum Gasteiger partial charge on any atom is -0.481 e. The van der Waals surface area contributed by atoms with Crippen molar-refractivity contribution < 1.29 is 14.7 Å². The number of nitrogens with zero attached hydrogens (tertiary/aromatic N) is 1. The van der Waals surface area contributed by atoms with Gasteiger partial charge in [-0.3, -0.25) is 14.9 Å². The summed E-state index contributed by atoms with van der Waals surface area (Å²) in [4.78, 5) is 29.3. The molecule has 1 aromatic carbocycles. The number of anilines is 1. The first-order chi connectivity index (χ1) is 12.0. The Morgan fingerprint density at radius 1 is 1.32 bits per heavy atom. The number of thiazole rings is 1. The molecule has 5 nitrogen and oxygen atoms in total. The minimum absolute atomic E-state index is 0.319. The smallest absolute Gasteiger partial charge is 0.311 e. The Hall–Kier alpha value is -2.18. The van der Waals surface area contributed by atoms with Gasteiger partial charge in [0.1, 0.15) is 0 Å². The van der Waals surface area contributed by atoms with E-state index in [-0.39, 0.29) is 5.91 Å². The normalized spacial score (nSPS) is 17.0. The minimum atomic E-state index is -0.960. The number of halogens is 1. The van der Waals surface area contributed by atoms with Crippen molar-refractivity contribution >= 4 is 39.9 Å². The van der Waals surface area contributed by atoms with Gasteiger partial charge < -0.3 is 5.11 Å². The van der Waals surface area contributed by atoms with Gasteiger partial charge in [-0.15, -0.1) is 11.3 Å². The second-order valence-electron chi connectivity index (χ2n) is 5.87. The zero-order valence-electron chi connectivity index (χ0n) is 13.6. The highest BCUT2D eigenvalue weighted by atomic mass is 35.5.